The molecule has 0 aliphatic carbocycles. The third-order valence-electron chi connectivity index (χ3n) is 5.77. The second kappa shape index (κ2) is 10.9. The molecule has 4 rings (SSSR count). The summed E-state index contributed by atoms with van der Waals surface area (Å²) < 4.78 is 34.7. The highest BCUT2D eigenvalue weighted by atomic mass is 32.2. The van der Waals surface area contributed by atoms with E-state index in [9.17, 15) is 8.42 Å². The van der Waals surface area contributed by atoms with Crippen molar-refractivity contribution >= 4 is 38.9 Å². The molecule has 206 valence electrons. The Morgan fingerprint density at radius 1 is 0.974 bits per heavy atom. The Hall–Kier alpha value is -4.12. The largest absolute Gasteiger partial charge is 0.490 e. The number of aryl methyl sites for hydroxylation is 2. The van der Waals surface area contributed by atoms with E-state index < -0.39 is 14.8 Å². The van der Waals surface area contributed by atoms with E-state index in [1.54, 1.807) is 56.0 Å². The number of benzene rings is 2. The van der Waals surface area contributed by atoms with E-state index in [2.05, 4.69) is 30.4 Å². The zero-order chi connectivity index (χ0) is 28.4. The van der Waals surface area contributed by atoms with E-state index in [1.807, 2.05) is 58.3 Å². The lowest BCUT2D eigenvalue weighted by atomic mass is 10.1. The number of hydrogen-bond acceptors (Lipinski definition) is 8. The lowest BCUT2D eigenvalue weighted by Crippen LogP contribution is -2.33. The summed E-state index contributed by atoms with van der Waals surface area (Å²) in [5.41, 5.74) is 4.65. The summed E-state index contributed by atoms with van der Waals surface area (Å²) in [7, 11) is -1.67. The highest BCUT2D eigenvalue weighted by molar-refractivity contribution is 7.94. The number of anilines is 5. The van der Waals surface area contributed by atoms with Gasteiger partial charge in [-0.15, -0.1) is 0 Å². The fraction of sp³-hybridized carbons (Fsp3) is 0.321. The van der Waals surface area contributed by atoms with Crippen LogP contribution in [0.4, 0.5) is 28.8 Å². The molecule has 0 spiro atoms. The van der Waals surface area contributed by atoms with Gasteiger partial charge in [-0.2, -0.15) is 10.1 Å². The minimum absolute atomic E-state index is 0.00858. The van der Waals surface area contributed by atoms with Gasteiger partial charge in [0.15, 0.2) is 0 Å². The van der Waals surface area contributed by atoms with Crippen molar-refractivity contribution in [3.8, 4) is 16.9 Å². The Morgan fingerprint density at radius 2 is 1.69 bits per heavy atom. The highest BCUT2D eigenvalue weighted by Gasteiger charge is 2.28. The minimum Gasteiger partial charge on any atom is -0.490 e. The molecule has 0 amide bonds. The maximum atomic E-state index is 12.6. The first-order valence-electron chi connectivity index (χ1n) is 12.6. The van der Waals surface area contributed by atoms with Crippen LogP contribution in [0.15, 0.2) is 61.1 Å². The van der Waals surface area contributed by atoms with Crippen LogP contribution in [0.3, 0.4) is 0 Å². The molecule has 0 saturated carbocycles. The summed E-state index contributed by atoms with van der Waals surface area (Å²) in [4.78, 5) is 9.09. The van der Waals surface area contributed by atoms with Crippen molar-refractivity contribution in [3.05, 3.63) is 66.6 Å². The maximum Gasteiger partial charge on any atom is 0.237 e. The van der Waals surface area contributed by atoms with Crippen LogP contribution in [-0.2, 0) is 17.1 Å². The average molecular weight is 550 g/mol. The molecular formula is C28H35N7O3S. The van der Waals surface area contributed by atoms with Crippen molar-refractivity contribution in [2.24, 2.45) is 7.05 Å². The van der Waals surface area contributed by atoms with E-state index in [0.717, 1.165) is 28.1 Å². The van der Waals surface area contributed by atoms with E-state index >= 15 is 0 Å². The van der Waals surface area contributed by atoms with Gasteiger partial charge >= 0.3 is 0 Å². The molecule has 0 aliphatic heterocycles. The number of sulfonamides is 1. The Balaban J connectivity index is 1.56. The molecule has 10 nitrogen and oxygen atoms in total. The Morgan fingerprint density at radius 3 is 2.36 bits per heavy atom. The molecule has 2 aromatic carbocycles. The summed E-state index contributed by atoms with van der Waals surface area (Å²) in [6.45, 7) is 10.8. The molecule has 0 atom stereocenters. The third kappa shape index (κ3) is 6.85. The lowest BCUT2D eigenvalue weighted by molar-refractivity contribution is 0.243. The van der Waals surface area contributed by atoms with Crippen LogP contribution in [0.2, 0.25) is 0 Å². The minimum atomic E-state index is -3.55. The molecule has 4 aromatic rings. The van der Waals surface area contributed by atoms with Crippen molar-refractivity contribution in [1.82, 2.24) is 19.7 Å². The molecule has 2 heterocycles. The van der Waals surface area contributed by atoms with Gasteiger partial charge in [-0.3, -0.25) is 9.40 Å². The highest BCUT2D eigenvalue weighted by Crippen LogP contribution is 2.34. The first kappa shape index (κ1) is 27.9. The van der Waals surface area contributed by atoms with Crippen molar-refractivity contribution in [2.45, 2.75) is 52.4 Å². The van der Waals surface area contributed by atoms with Crippen LogP contribution in [-0.4, -0.2) is 39.0 Å². The lowest BCUT2D eigenvalue weighted by Gasteiger charge is -2.20. The Labute approximate surface area is 229 Å². The molecule has 0 unspecified atom stereocenters. The van der Waals surface area contributed by atoms with Crippen molar-refractivity contribution in [2.75, 3.05) is 15.4 Å². The van der Waals surface area contributed by atoms with Gasteiger partial charge in [0, 0.05) is 53.6 Å². The van der Waals surface area contributed by atoms with Crippen molar-refractivity contribution in [3.63, 3.8) is 0 Å². The van der Waals surface area contributed by atoms with Gasteiger partial charge in [0.05, 0.1) is 22.7 Å². The van der Waals surface area contributed by atoms with E-state index in [4.69, 9.17) is 4.74 Å². The zero-order valence-corrected chi connectivity index (χ0v) is 24.1. The number of ether oxygens (including phenoxy) is 1. The molecule has 0 radical (unpaired) electrons. The standard InChI is InChI=1S/C28H35N7O3S/c1-18(2)38-25-14-22(11-12-24(25)20-16-30-35(7)17-20)32-27-29-15-19(3)26(33-27)31-21-9-8-10-23(13-21)34-39(36,37)28(4,5)6/h8-18,34H,1-7H3,(H2,29,31,32,33). The van der Waals surface area contributed by atoms with Gasteiger partial charge < -0.3 is 15.4 Å². The summed E-state index contributed by atoms with van der Waals surface area (Å²) in [5, 5.41) is 10.8. The van der Waals surface area contributed by atoms with Crippen LogP contribution >= 0.6 is 0 Å². The molecule has 0 fully saturated rings. The van der Waals surface area contributed by atoms with E-state index in [-0.39, 0.29) is 6.10 Å². The van der Waals surface area contributed by atoms with Gasteiger partial charge in [-0.1, -0.05) is 6.07 Å². The fourth-order valence-electron chi connectivity index (χ4n) is 3.61. The van der Waals surface area contributed by atoms with Crippen LogP contribution in [0, 0.1) is 6.92 Å². The number of nitrogens with zero attached hydrogens (tertiary/aromatic N) is 4. The van der Waals surface area contributed by atoms with Crippen molar-refractivity contribution < 1.29 is 13.2 Å². The predicted molar refractivity (Wildman–Crippen MR) is 156 cm³/mol. The summed E-state index contributed by atoms with van der Waals surface area (Å²) in [6, 6.07) is 12.9. The smallest absolute Gasteiger partial charge is 0.237 e. The summed E-state index contributed by atoms with van der Waals surface area (Å²) >= 11 is 0. The fourth-order valence-corrected chi connectivity index (χ4v) is 4.36. The molecule has 0 aliphatic rings. The first-order chi connectivity index (χ1) is 18.3. The predicted octanol–water partition coefficient (Wildman–Crippen LogP) is 6.00. The Kier molecular flexibility index (Phi) is 7.82. The van der Waals surface area contributed by atoms with Crippen LogP contribution < -0.4 is 20.1 Å². The van der Waals surface area contributed by atoms with Gasteiger partial charge in [0.2, 0.25) is 16.0 Å². The van der Waals surface area contributed by atoms with Gasteiger partial charge in [0.1, 0.15) is 11.6 Å². The molecule has 2 aromatic heterocycles. The maximum absolute atomic E-state index is 12.6. The molecule has 39 heavy (non-hydrogen) atoms. The second-order valence-electron chi connectivity index (χ2n) is 10.6. The second-order valence-corrected chi connectivity index (χ2v) is 13.0. The van der Waals surface area contributed by atoms with Crippen molar-refractivity contribution in [1.29, 1.82) is 0 Å². The van der Waals surface area contributed by atoms with Gasteiger partial charge in [0.25, 0.3) is 0 Å². The Bertz CT molecular complexity index is 1570. The van der Waals surface area contributed by atoms with E-state index in [1.165, 1.54) is 0 Å². The molecule has 11 heteroatoms. The van der Waals surface area contributed by atoms with Crippen LogP contribution in [0.1, 0.15) is 40.2 Å². The number of nitrogens with one attached hydrogen (secondary N) is 3. The molecular weight excluding hydrogens is 514 g/mol. The first-order valence-corrected chi connectivity index (χ1v) is 14.1. The van der Waals surface area contributed by atoms with Gasteiger partial charge in [-0.25, -0.2) is 13.4 Å². The quantitative estimate of drug-likeness (QED) is 0.232. The monoisotopic (exact) mass is 549 g/mol. The molecule has 3 N–H and O–H groups in total. The zero-order valence-electron chi connectivity index (χ0n) is 23.3. The normalized spacial score (nSPS) is 11.9. The SMILES string of the molecule is Cc1cnc(Nc2ccc(-c3cnn(C)c3)c(OC(C)C)c2)nc1Nc1cccc(NS(=O)(=O)C(C)(C)C)c1. The van der Waals surface area contributed by atoms with E-state index in [0.29, 0.717) is 23.1 Å². The number of rotatable bonds is 9. The summed E-state index contributed by atoms with van der Waals surface area (Å²) in [5.74, 6) is 1.72. The summed E-state index contributed by atoms with van der Waals surface area (Å²) in [6.07, 6.45) is 5.46. The topological polar surface area (TPSA) is 123 Å². The third-order valence-corrected chi connectivity index (χ3v) is 7.89. The molecule has 0 saturated heterocycles. The van der Waals surface area contributed by atoms with Crippen LogP contribution in [0.25, 0.3) is 11.1 Å². The van der Waals surface area contributed by atoms with Crippen LogP contribution in [0.5, 0.6) is 5.75 Å². The number of hydrogen-bond donors (Lipinski definition) is 3. The average Bonchev–Trinajstić information content (AvgIpc) is 3.26. The number of aromatic nitrogens is 4. The van der Waals surface area contributed by atoms with Gasteiger partial charge in [-0.05, 0) is 71.9 Å². The molecule has 0 bridgehead atoms.